The second-order valence-corrected chi connectivity index (χ2v) is 9.74. The molecule has 0 N–H and O–H groups in total. The molecule has 2 aromatic heterocycles. The van der Waals surface area contributed by atoms with Crippen LogP contribution in [0.4, 0.5) is 0 Å². The van der Waals surface area contributed by atoms with E-state index in [1.54, 1.807) is 12.3 Å². The lowest BCUT2D eigenvalue weighted by Crippen LogP contribution is -2.28. The Morgan fingerprint density at radius 2 is 1.15 bits per heavy atom. The Morgan fingerprint density at radius 1 is 0.538 bits per heavy atom. The van der Waals surface area contributed by atoms with Gasteiger partial charge < -0.3 is 0 Å². The maximum Gasteiger partial charge on any atom is 0.141 e. The molecule has 3 heteroatoms. The van der Waals surface area contributed by atoms with Crippen molar-refractivity contribution in [2.24, 2.45) is 0 Å². The molecule has 0 radical (unpaired) electrons. The average molecular weight is 498 g/mol. The van der Waals surface area contributed by atoms with Crippen LogP contribution in [0.5, 0.6) is 0 Å². The van der Waals surface area contributed by atoms with E-state index in [9.17, 15) is 5.26 Å². The lowest BCUT2D eigenvalue weighted by Gasteiger charge is -2.34. The molecular formula is C36H23N3. The highest BCUT2D eigenvalue weighted by Gasteiger charge is 2.46. The van der Waals surface area contributed by atoms with Crippen LogP contribution >= 0.6 is 0 Å². The molecule has 3 nitrogen and oxygen atoms in total. The minimum atomic E-state index is -0.450. The molecular weight excluding hydrogens is 474 g/mol. The van der Waals surface area contributed by atoms with E-state index >= 15 is 0 Å². The fraction of sp³-hybridized carbons (Fsp3) is 0.0278. The van der Waals surface area contributed by atoms with Crippen molar-refractivity contribution in [1.29, 1.82) is 5.26 Å². The topological polar surface area (TPSA) is 49.6 Å². The maximum atomic E-state index is 9.31. The Bertz CT molecular complexity index is 1830. The number of benzene rings is 4. The number of nitriles is 1. The van der Waals surface area contributed by atoms with Crippen LogP contribution in [0.1, 0.15) is 27.9 Å². The first kappa shape index (κ1) is 22.8. The Labute approximate surface area is 227 Å². The summed E-state index contributed by atoms with van der Waals surface area (Å²) in [6.07, 6.45) is 1.66. The lowest BCUT2D eigenvalue weighted by molar-refractivity contribution is 0.768. The summed E-state index contributed by atoms with van der Waals surface area (Å²) in [6.45, 7) is 0. The minimum Gasteiger partial charge on any atom is -0.248 e. The number of fused-ring (bicyclic) bond motifs is 3. The molecule has 0 bridgehead atoms. The fourth-order valence-electron chi connectivity index (χ4n) is 6.01. The molecule has 4 aromatic carbocycles. The molecule has 0 aliphatic heterocycles. The molecule has 2 heterocycles. The number of nitrogens with zero attached hydrogens (tertiary/aromatic N) is 3. The van der Waals surface area contributed by atoms with E-state index in [-0.39, 0.29) is 0 Å². The monoisotopic (exact) mass is 497 g/mol. The van der Waals surface area contributed by atoms with Gasteiger partial charge in [0.1, 0.15) is 11.8 Å². The highest BCUT2D eigenvalue weighted by Crippen LogP contribution is 2.56. The zero-order chi connectivity index (χ0) is 26.2. The number of hydrogen-bond acceptors (Lipinski definition) is 3. The fourth-order valence-corrected chi connectivity index (χ4v) is 6.01. The predicted molar refractivity (Wildman–Crippen MR) is 155 cm³/mol. The van der Waals surface area contributed by atoms with Gasteiger partial charge >= 0.3 is 0 Å². The van der Waals surface area contributed by atoms with Crippen molar-refractivity contribution in [3.63, 3.8) is 0 Å². The average Bonchev–Trinajstić information content (AvgIpc) is 3.32. The second-order valence-electron chi connectivity index (χ2n) is 9.74. The number of rotatable bonds is 4. The van der Waals surface area contributed by atoms with Crippen LogP contribution < -0.4 is 0 Å². The van der Waals surface area contributed by atoms with Crippen LogP contribution in [-0.2, 0) is 5.41 Å². The van der Waals surface area contributed by atoms with Crippen LogP contribution in [0.2, 0.25) is 0 Å². The van der Waals surface area contributed by atoms with Gasteiger partial charge in [-0.1, -0.05) is 103 Å². The van der Waals surface area contributed by atoms with E-state index in [2.05, 4.69) is 114 Å². The first-order valence-electron chi connectivity index (χ1n) is 13.0. The van der Waals surface area contributed by atoms with Crippen molar-refractivity contribution in [3.8, 4) is 39.7 Å². The van der Waals surface area contributed by atoms with Crippen LogP contribution in [0.15, 0.2) is 140 Å². The van der Waals surface area contributed by atoms with Crippen LogP contribution in [0.25, 0.3) is 33.6 Å². The molecule has 0 saturated heterocycles. The molecule has 0 saturated carbocycles. The predicted octanol–water partition coefficient (Wildman–Crippen LogP) is 8.05. The van der Waals surface area contributed by atoms with Crippen molar-refractivity contribution < 1.29 is 0 Å². The summed E-state index contributed by atoms with van der Waals surface area (Å²) in [7, 11) is 0. The van der Waals surface area contributed by atoms with E-state index in [4.69, 9.17) is 4.98 Å². The molecule has 0 unspecified atom stereocenters. The summed E-state index contributed by atoms with van der Waals surface area (Å²) in [5, 5.41) is 9.31. The maximum absolute atomic E-state index is 9.31. The molecule has 1 aliphatic rings. The van der Waals surface area contributed by atoms with Crippen molar-refractivity contribution in [3.05, 3.63) is 168 Å². The van der Waals surface area contributed by atoms with Crippen molar-refractivity contribution >= 4 is 0 Å². The molecule has 7 rings (SSSR count). The quantitative estimate of drug-likeness (QED) is 0.247. The summed E-state index contributed by atoms with van der Waals surface area (Å²) in [4.78, 5) is 9.13. The highest BCUT2D eigenvalue weighted by molar-refractivity contribution is 5.88. The summed E-state index contributed by atoms with van der Waals surface area (Å²) in [5.41, 5.74) is 11.1. The van der Waals surface area contributed by atoms with Gasteiger partial charge in [0.05, 0.1) is 16.8 Å². The van der Waals surface area contributed by atoms with E-state index in [1.165, 1.54) is 33.4 Å². The van der Waals surface area contributed by atoms with E-state index in [0.29, 0.717) is 5.69 Å². The number of hydrogen-bond donors (Lipinski definition) is 0. The molecule has 0 amide bonds. The van der Waals surface area contributed by atoms with Crippen molar-refractivity contribution in [2.45, 2.75) is 5.41 Å². The zero-order valence-corrected chi connectivity index (χ0v) is 21.1. The molecule has 0 spiro atoms. The molecule has 182 valence electrons. The molecule has 1 aliphatic carbocycles. The van der Waals surface area contributed by atoms with Gasteiger partial charge in [-0.25, -0.2) is 9.97 Å². The van der Waals surface area contributed by atoms with Gasteiger partial charge in [-0.2, -0.15) is 5.26 Å². The van der Waals surface area contributed by atoms with Gasteiger partial charge in [0, 0.05) is 17.3 Å². The van der Waals surface area contributed by atoms with Crippen molar-refractivity contribution in [1.82, 2.24) is 9.97 Å². The number of aromatic nitrogens is 2. The molecule has 39 heavy (non-hydrogen) atoms. The van der Waals surface area contributed by atoms with Crippen molar-refractivity contribution in [2.75, 3.05) is 0 Å². The van der Waals surface area contributed by atoms with E-state index in [1.807, 2.05) is 24.3 Å². The van der Waals surface area contributed by atoms with Gasteiger partial charge in [0.2, 0.25) is 0 Å². The summed E-state index contributed by atoms with van der Waals surface area (Å²) >= 11 is 0. The molecule has 0 atom stereocenters. The summed E-state index contributed by atoms with van der Waals surface area (Å²) in [5.74, 6) is 0. The summed E-state index contributed by atoms with van der Waals surface area (Å²) in [6, 6.07) is 48.9. The largest absolute Gasteiger partial charge is 0.248 e. The van der Waals surface area contributed by atoms with Crippen LogP contribution in [0, 0.1) is 11.3 Å². The third-order valence-corrected chi connectivity index (χ3v) is 7.67. The van der Waals surface area contributed by atoms with E-state index < -0.39 is 5.41 Å². The standard InChI is InChI=1S/C36H23N3/c37-24-29-22-26(20-21-38-29)35-17-9-16-34(39-35)25-18-19-31-30-14-7-8-15-32(30)36(33(31)23-25,27-10-3-1-4-11-27)28-12-5-2-6-13-28/h1-23H. The normalized spacial score (nSPS) is 12.8. The Hall–Kier alpha value is -5.33. The molecule has 6 aromatic rings. The minimum absolute atomic E-state index is 0.380. The van der Waals surface area contributed by atoms with Gasteiger partial charge in [-0.15, -0.1) is 0 Å². The first-order valence-corrected chi connectivity index (χ1v) is 13.0. The van der Waals surface area contributed by atoms with Crippen LogP contribution in [0.3, 0.4) is 0 Å². The van der Waals surface area contributed by atoms with Gasteiger partial charge in [0.25, 0.3) is 0 Å². The van der Waals surface area contributed by atoms with Crippen LogP contribution in [-0.4, -0.2) is 9.97 Å². The third-order valence-electron chi connectivity index (χ3n) is 7.67. The van der Waals surface area contributed by atoms with Gasteiger partial charge in [-0.05, 0) is 63.7 Å². The zero-order valence-electron chi connectivity index (χ0n) is 21.1. The smallest absolute Gasteiger partial charge is 0.141 e. The Kier molecular flexibility index (Phi) is 5.39. The molecule has 0 fully saturated rings. The number of pyridine rings is 2. The Morgan fingerprint density at radius 3 is 1.85 bits per heavy atom. The second kappa shape index (κ2) is 9.20. The van der Waals surface area contributed by atoms with E-state index in [0.717, 1.165) is 22.5 Å². The SMILES string of the molecule is N#Cc1cc(-c2cccc(-c3ccc4c(c3)C(c3ccccc3)(c3ccccc3)c3ccccc3-4)n2)ccn1. The summed E-state index contributed by atoms with van der Waals surface area (Å²) < 4.78 is 0. The third kappa shape index (κ3) is 3.58. The van der Waals surface area contributed by atoms with Gasteiger partial charge in [0.15, 0.2) is 0 Å². The van der Waals surface area contributed by atoms with Gasteiger partial charge in [-0.3, -0.25) is 0 Å². The Balaban J connectivity index is 1.47. The first-order chi connectivity index (χ1) is 19.3. The lowest BCUT2D eigenvalue weighted by atomic mass is 9.67. The highest BCUT2D eigenvalue weighted by atomic mass is 14.7.